The lowest BCUT2D eigenvalue weighted by Crippen LogP contribution is -2.09. The first-order valence-electron chi connectivity index (χ1n) is 7.79. The highest BCUT2D eigenvalue weighted by Crippen LogP contribution is 2.30. The number of carboxylic acid groups (broad SMARTS) is 1. The van der Waals surface area contributed by atoms with Crippen LogP contribution in [0.3, 0.4) is 0 Å². The van der Waals surface area contributed by atoms with E-state index < -0.39 is 17.7 Å². The maximum Gasteiger partial charge on any atom is 0.416 e. The van der Waals surface area contributed by atoms with Crippen LogP contribution in [0.25, 0.3) is 11.4 Å². The first kappa shape index (κ1) is 18.4. The van der Waals surface area contributed by atoms with Gasteiger partial charge in [0.2, 0.25) is 5.88 Å². The number of ether oxygens (including phenoxy) is 1. The van der Waals surface area contributed by atoms with Crippen LogP contribution >= 0.6 is 0 Å². The average Bonchev–Trinajstić information content (AvgIpc) is 2.66. The fraction of sp³-hybridized carbons (Fsp3) is 0.105. The Morgan fingerprint density at radius 2 is 1.81 bits per heavy atom. The molecule has 0 aliphatic carbocycles. The van der Waals surface area contributed by atoms with Gasteiger partial charge in [0.15, 0.2) is 5.82 Å². The van der Waals surface area contributed by atoms with E-state index in [9.17, 15) is 23.1 Å². The third-order valence-electron chi connectivity index (χ3n) is 3.65. The molecule has 0 spiro atoms. The van der Waals surface area contributed by atoms with Gasteiger partial charge in [-0.3, -0.25) is 0 Å². The summed E-state index contributed by atoms with van der Waals surface area (Å²) < 4.78 is 43.8. The van der Waals surface area contributed by atoms with Crippen LogP contribution in [0.1, 0.15) is 21.5 Å². The molecule has 8 heteroatoms. The lowest BCUT2D eigenvalue weighted by Gasteiger charge is -2.11. The van der Waals surface area contributed by atoms with Crippen LogP contribution in [0.15, 0.2) is 60.8 Å². The minimum Gasteiger partial charge on any atom is -0.477 e. The smallest absolute Gasteiger partial charge is 0.416 e. The second-order valence-corrected chi connectivity index (χ2v) is 5.57. The van der Waals surface area contributed by atoms with Gasteiger partial charge in [-0.25, -0.2) is 9.78 Å². The number of nitrogens with zero attached hydrogens (tertiary/aromatic N) is 2. The van der Waals surface area contributed by atoms with Gasteiger partial charge in [0.25, 0.3) is 0 Å². The van der Waals surface area contributed by atoms with Crippen LogP contribution in [0, 0.1) is 0 Å². The van der Waals surface area contributed by atoms with Gasteiger partial charge in [0.1, 0.15) is 12.2 Å². The van der Waals surface area contributed by atoms with Crippen LogP contribution in [-0.4, -0.2) is 21.0 Å². The zero-order chi connectivity index (χ0) is 19.4. The Bertz CT molecular complexity index is 960. The van der Waals surface area contributed by atoms with Crippen molar-refractivity contribution < 1.29 is 27.8 Å². The number of aromatic nitrogens is 2. The number of alkyl halides is 3. The molecule has 0 saturated heterocycles. The standard InChI is InChI=1S/C19H13F3N2O3/c20-19(21,22)14-8-4-5-12(9-14)11-27-17-15(18(25)26)10-23-16(24-17)13-6-2-1-3-7-13/h1-10H,11H2,(H,25,26). The van der Waals surface area contributed by atoms with E-state index in [0.717, 1.165) is 18.3 Å². The van der Waals surface area contributed by atoms with Gasteiger partial charge >= 0.3 is 12.1 Å². The summed E-state index contributed by atoms with van der Waals surface area (Å²) in [5.74, 6) is -1.26. The molecule has 0 bridgehead atoms. The van der Waals surface area contributed by atoms with E-state index in [4.69, 9.17) is 4.74 Å². The molecule has 27 heavy (non-hydrogen) atoms. The average molecular weight is 374 g/mol. The highest BCUT2D eigenvalue weighted by atomic mass is 19.4. The first-order valence-corrected chi connectivity index (χ1v) is 7.79. The molecule has 5 nitrogen and oxygen atoms in total. The van der Waals surface area contributed by atoms with Crippen molar-refractivity contribution in [2.45, 2.75) is 12.8 Å². The van der Waals surface area contributed by atoms with Gasteiger partial charge < -0.3 is 9.84 Å². The molecule has 0 radical (unpaired) electrons. The van der Waals surface area contributed by atoms with Crippen molar-refractivity contribution >= 4 is 5.97 Å². The lowest BCUT2D eigenvalue weighted by atomic mass is 10.1. The lowest BCUT2D eigenvalue weighted by molar-refractivity contribution is -0.137. The Hall–Kier alpha value is -3.42. The Kier molecular flexibility index (Phi) is 5.07. The van der Waals surface area contributed by atoms with E-state index in [1.165, 1.54) is 12.1 Å². The molecule has 1 aromatic heterocycles. The van der Waals surface area contributed by atoms with Crippen LogP contribution in [0.4, 0.5) is 13.2 Å². The van der Waals surface area contributed by atoms with Crippen molar-refractivity contribution in [3.63, 3.8) is 0 Å². The van der Waals surface area contributed by atoms with Crippen LogP contribution in [0.2, 0.25) is 0 Å². The number of benzene rings is 2. The van der Waals surface area contributed by atoms with E-state index in [1.807, 2.05) is 0 Å². The fourth-order valence-corrected chi connectivity index (χ4v) is 2.34. The Balaban J connectivity index is 1.88. The van der Waals surface area contributed by atoms with Gasteiger partial charge in [-0.15, -0.1) is 0 Å². The van der Waals surface area contributed by atoms with Gasteiger partial charge in [0, 0.05) is 11.8 Å². The third kappa shape index (κ3) is 4.41. The molecule has 1 N–H and O–H groups in total. The molecule has 2 aromatic carbocycles. The van der Waals surface area contributed by atoms with E-state index in [-0.39, 0.29) is 29.4 Å². The molecule has 0 aliphatic heterocycles. The highest BCUT2D eigenvalue weighted by molar-refractivity contribution is 5.90. The third-order valence-corrected chi connectivity index (χ3v) is 3.65. The monoisotopic (exact) mass is 374 g/mol. The molecular weight excluding hydrogens is 361 g/mol. The molecule has 0 fully saturated rings. The summed E-state index contributed by atoms with van der Waals surface area (Å²) in [7, 11) is 0. The molecule has 0 amide bonds. The van der Waals surface area contributed by atoms with Crippen LogP contribution < -0.4 is 4.74 Å². The van der Waals surface area contributed by atoms with E-state index in [1.54, 1.807) is 30.3 Å². The maximum absolute atomic E-state index is 12.8. The van der Waals surface area contributed by atoms with Crippen molar-refractivity contribution in [1.82, 2.24) is 9.97 Å². The highest BCUT2D eigenvalue weighted by Gasteiger charge is 2.30. The first-order chi connectivity index (χ1) is 12.8. The second-order valence-electron chi connectivity index (χ2n) is 5.57. The molecule has 0 aliphatic rings. The summed E-state index contributed by atoms with van der Waals surface area (Å²) in [6.07, 6.45) is -3.36. The number of hydrogen-bond donors (Lipinski definition) is 1. The zero-order valence-electron chi connectivity index (χ0n) is 13.8. The topological polar surface area (TPSA) is 72.3 Å². The van der Waals surface area contributed by atoms with Gasteiger partial charge in [-0.2, -0.15) is 18.2 Å². The number of carbonyl (C=O) groups is 1. The molecule has 138 valence electrons. The number of halogens is 3. The second kappa shape index (κ2) is 7.45. The van der Waals surface area contributed by atoms with E-state index >= 15 is 0 Å². The number of rotatable bonds is 5. The van der Waals surface area contributed by atoms with Crippen molar-refractivity contribution in [3.8, 4) is 17.3 Å². The summed E-state index contributed by atoms with van der Waals surface area (Å²) in [6, 6.07) is 13.4. The summed E-state index contributed by atoms with van der Waals surface area (Å²) in [6.45, 7) is -0.268. The van der Waals surface area contributed by atoms with Crippen molar-refractivity contribution in [1.29, 1.82) is 0 Å². The molecule has 1 heterocycles. The summed E-state index contributed by atoms with van der Waals surface area (Å²) >= 11 is 0. The van der Waals surface area contributed by atoms with Crippen molar-refractivity contribution in [2.75, 3.05) is 0 Å². The summed E-state index contributed by atoms with van der Waals surface area (Å²) in [5, 5.41) is 9.27. The maximum atomic E-state index is 12.8. The number of hydrogen-bond acceptors (Lipinski definition) is 4. The molecule has 0 unspecified atom stereocenters. The van der Waals surface area contributed by atoms with E-state index in [2.05, 4.69) is 9.97 Å². The zero-order valence-corrected chi connectivity index (χ0v) is 13.8. The molecule has 0 saturated carbocycles. The number of carboxylic acids is 1. The van der Waals surface area contributed by atoms with Crippen LogP contribution in [0.5, 0.6) is 5.88 Å². The minimum atomic E-state index is -4.47. The SMILES string of the molecule is O=C(O)c1cnc(-c2ccccc2)nc1OCc1cccc(C(F)(F)F)c1. The predicted molar refractivity (Wildman–Crippen MR) is 90.2 cm³/mol. The normalized spacial score (nSPS) is 11.2. The van der Waals surface area contributed by atoms with Crippen LogP contribution in [-0.2, 0) is 12.8 Å². The summed E-state index contributed by atoms with van der Waals surface area (Å²) in [4.78, 5) is 19.5. The molecule has 3 aromatic rings. The van der Waals surface area contributed by atoms with Gasteiger partial charge in [0.05, 0.1) is 5.56 Å². The Labute approximate surface area is 152 Å². The summed E-state index contributed by atoms with van der Waals surface area (Å²) in [5.41, 5.74) is -0.198. The fourth-order valence-electron chi connectivity index (χ4n) is 2.34. The quantitative estimate of drug-likeness (QED) is 0.715. The molecular formula is C19H13F3N2O3. The predicted octanol–water partition coefficient (Wildman–Crippen LogP) is 4.44. The molecule has 3 rings (SSSR count). The van der Waals surface area contributed by atoms with E-state index in [0.29, 0.717) is 5.56 Å². The Morgan fingerprint density at radius 1 is 1.07 bits per heavy atom. The molecule has 0 atom stereocenters. The van der Waals surface area contributed by atoms with Crippen molar-refractivity contribution in [3.05, 3.63) is 77.5 Å². The number of aromatic carboxylic acids is 1. The van der Waals surface area contributed by atoms with Gasteiger partial charge in [-0.1, -0.05) is 42.5 Å². The van der Waals surface area contributed by atoms with Gasteiger partial charge in [-0.05, 0) is 17.7 Å². The minimum absolute atomic E-state index is 0.214. The Morgan fingerprint density at radius 3 is 2.48 bits per heavy atom. The largest absolute Gasteiger partial charge is 0.477 e. The van der Waals surface area contributed by atoms with Crippen molar-refractivity contribution in [2.24, 2.45) is 0 Å².